The Morgan fingerprint density at radius 2 is 2.26 bits per heavy atom. The van der Waals surface area contributed by atoms with Gasteiger partial charge in [0.2, 0.25) is 0 Å². The van der Waals surface area contributed by atoms with Crippen LogP contribution in [0.4, 0.5) is 5.69 Å². The Labute approximate surface area is 128 Å². The molecule has 1 aliphatic heterocycles. The van der Waals surface area contributed by atoms with E-state index in [1.807, 2.05) is 18.2 Å². The fraction of sp³-hybridized carbons (Fsp3) is 0.500. The predicted octanol–water partition coefficient (Wildman–Crippen LogP) is 4.19. The minimum absolute atomic E-state index is 0.375. The van der Waals surface area contributed by atoms with Crippen molar-refractivity contribution < 1.29 is 0 Å². The van der Waals surface area contributed by atoms with E-state index in [-0.39, 0.29) is 0 Å². The summed E-state index contributed by atoms with van der Waals surface area (Å²) >= 11 is 9.49. The Morgan fingerprint density at radius 3 is 2.95 bits per heavy atom. The minimum Gasteiger partial charge on any atom is -0.370 e. The number of hydrogen-bond acceptors (Lipinski definition) is 3. The number of unbranched alkanes of at least 4 members (excludes halogenated alkanes) is 2. The van der Waals surface area contributed by atoms with E-state index in [2.05, 4.69) is 32.7 Å². The van der Waals surface area contributed by atoms with Crippen LogP contribution in [0, 0.1) is 0 Å². The summed E-state index contributed by atoms with van der Waals surface area (Å²) < 4.78 is 0.888. The molecule has 0 aromatic heterocycles. The van der Waals surface area contributed by atoms with Gasteiger partial charge < -0.3 is 10.6 Å². The fourth-order valence-corrected chi connectivity index (χ4v) is 2.86. The molecule has 0 radical (unpaired) electrons. The van der Waals surface area contributed by atoms with E-state index in [4.69, 9.17) is 17.3 Å². The molecule has 1 aliphatic rings. The summed E-state index contributed by atoms with van der Waals surface area (Å²) in [6, 6.07) is 6.26. The molecule has 104 valence electrons. The molecule has 0 amide bonds. The first kappa shape index (κ1) is 14.7. The topological polar surface area (TPSA) is 41.6 Å². The molecule has 1 heterocycles. The Morgan fingerprint density at radius 1 is 1.47 bits per heavy atom. The van der Waals surface area contributed by atoms with Crippen LogP contribution in [-0.4, -0.2) is 18.5 Å². The molecular weight excluding hydrogens is 326 g/mol. The first-order valence-electron chi connectivity index (χ1n) is 6.67. The quantitative estimate of drug-likeness (QED) is 0.814. The van der Waals surface area contributed by atoms with Gasteiger partial charge in [0.05, 0.1) is 17.6 Å². The lowest BCUT2D eigenvalue weighted by Gasteiger charge is -2.26. The number of aliphatic imine (C=N–C) groups is 1. The van der Waals surface area contributed by atoms with Crippen molar-refractivity contribution in [2.24, 2.45) is 10.7 Å². The third-order valence-electron chi connectivity index (χ3n) is 3.40. The molecule has 1 aromatic rings. The third-order valence-corrected chi connectivity index (χ3v) is 4.61. The van der Waals surface area contributed by atoms with Crippen LogP contribution in [0.5, 0.6) is 0 Å². The van der Waals surface area contributed by atoms with Crippen LogP contribution in [0.2, 0.25) is 5.02 Å². The van der Waals surface area contributed by atoms with Gasteiger partial charge in [-0.3, -0.25) is 4.99 Å². The van der Waals surface area contributed by atoms with Crippen LogP contribution in [0.3, 0.4) is 0 Å². The smallest absolute Gasteiger partial charge is 0.196 e. The summed E-state index contributed by atoms with van der Waals surface area (Å²) in [5.74, 6) is 0.607. The largest absolute Gasteiger partial charge is 0.370 e. The van der Waals surface area contributed by atoms with Gasteiger partial charge in [-0.05, 0) is 40.5 Å². The highest BCUT2D eigenvalue weighted by Gasteiger charge is 2.27. The van der Waals surface area contributed by atoms with Crippen molar-refractivity contribution in [2.75, 3.05) is 11.4 Å². The summed E-state index contributed by atoms with van der Waals surface area (Å²) in [7, 11) is 0. The number of benzene rings is 1. The van der Waals surface area contributed by atoms with Crippen LogP contribution in [0.25, 0.3) is 0 Å². The maximum Gasteiger partial charge on any atom is 0.196 e. The SMILES string of the molecule is CCCCCC1CN=C(N)N1c1ccc(Cl)c(Br)c1. The second kappa shape index (κ2) is 6.62. The number of nitrogens with zero attached hydrogens (tertiary/aromatic N) is 2. The van der Waals surface area contributed by atoms with Gasteiger partial charge in [0.15, 0.2) is 5.96 Å². The number of anilines is 1. The van der Waals surface area contributed by atoms with Gasteiger partial charge in [0, 0.05) is 10.2 Å². The highest BCUT2D eigenvalue weighted by Crippen LogP contribution is 2.30. The minimum atomic E-state index is 0.375. The maximum atomic E-state index is 6.04. The molecule has 1 unspecified atom stereocenters. The van der Waals surface area contributed by atoms with E-state index >= 15 is 0 Å². The van der Waals surface area contributed by atoms with Crippen molar-refractivity contribution in [1.29, 1.82) is 0 Å². The van der Waals surface area contributed by atoms with Gasteiger partial charge in [-0.2, -0.15) is 0 Å². The predicted molar refractivity (Wildman–Crippen MR) is 86.1 cm³/mol. The molecule has 5 heteroatoms. The molecule has 0 fully saturated rings. The van der Waals surface area contributed by atoms with E-state index in [9.17, 15) is 0 Å². The monoisotopic (exact) mass is 343 g/mol. The molecule has 0 saturated carbocycles. The highest BCUT2D eigenvalue weighted by atomic mass is 79.9. The van der Waals surface area contributed by atoms with Crippen molar-refractivity contribution in [2.45, 2.75) is 38.6 Å². The molecule has 3 nitrogen and oxygen atoms in total. The van der Waals surface area contributed by atoms with E-state index in [1.165, 1.54) is 19.3 Å². The summed E-state index contributed by atoms with van der Waals surface area (Å²) in [5, 5.41) is 0.709. The highest BCUT2D eigenvalue weighted by molar-refractivity contribution is 9.10. The van der Waals surface area contributed by atoms with E-state index in [1.54, 1.807) is 0 Å². The Balaban J connectivity index is 2.14. The average molecular weight is 345 g/mol. The maximum absolute atomic E-state index is 6.04. The van der Waals surface area contributed by atoms with E-state index in [0.29, 0.717) is 17.0 Å². The van der Waals surface area contributed by atoms with Gasteiger partial charge in [0.1, 0.15) is 0 Å². The van der Waals surface area contributed by atoms with Crippen LogP contribution in [-0.2, 0) is 0 Å². The van der Waals surface area contributed by atoms with Crippen LogP contribution >= 0.6 is 27.5 Å². The van der Waals surface area contributed by atoms with Crippen LogP contribution < -0.4 is 10.6 Å². The second-order valence-electron chi connectivity index (χ2n) is 4.82. The summed E-state index contributed by atoms with van der Waals surface area (Å²) in [6.45, 7) is 3.00. The second-order valence-corrected chi connectivity index (χ2v) is 6.08. The van der Waals surface area contributed by atoms with Crippen LogP contribution in [0.15, 0.2) is 27.7 Å². The molecule has 2 rings (SSSR count). The lowest BCUT2D eigenvalue weighted by Crippen LogP contribution is -2.40. The van der Waals surface area contributed by atoms with Crippen molar-refractivity contribution in [3.8, 4) is 0 Å². The number of nitrogens with two attached hydrogens (primary N) is 1. The number of rotatable bonds is 5. The number of hydrogen-bond donors (Lipinski definition) is 1. The van der Waals surface area contributed by atoms with Crippen molar-refractivity contribution in [3.63, 3.8) is 0 Å². The van der Waals surface area contributed by atoms with Crippen LogP contribution in [0.1, 0.15) is 32.6 Å². The molecule has 1 aromatic carbocycles. The Kier molecular flexibility index (Phi) is 5.11. The Hall–Kier alpha value is -0.740. The molecule has 0 aliphatic carbocycles. The van der Waals surface area contributed by atoms with Crippen molar-refractivity contribution in [3.05, 3.63) is 27.7 Å². The van der Waals surface area contributed by atoms with Gasteiger partial charge in [0.25, 0.3) is 0 Å². The number of halogens is 2. The van der Waals surface area contributed by atoms with Gasteiger partial charge >= 0.3 is 0 Å². The van der Waals surface area contributed by atoms with Gasteiger partial charge in [-0.15, -0.1) is 0 Å². The summed E-state index contributed by atoms with van der Waals surface area (Å²) in [4.78, 5) is 6.50. The summed E-state index contributed by atoms with van der Waals surface area (Å²) in [5.41, 5.74) is 7.07. The molecular formula is C14H19BrClN3. The zero-order valence-corrected chi connectivity index (χ0v) is 13.4. The third kappa shape index (κ3) is 3.42. The molecule has 19 heavy (non-hydrogen) atoms. The van der Waals surface area contributed by atoms with Gasteiger partial charge in [-0.1, -0.05) is 37.8 Å². The van der Waals surface area contributed by atoms with Gasteiger partial charge in [-0.25, -0.2) is 0 Å². The zero-order chi connectivity index (χ0) is 13.8. The summed E-state index contributed by atoms with van der Waals surface area (Å²) in [6.07, 6.45) is 4.83. The van der Waals surface area contributed by atoms with E-state index in [0.717, 1.165) is 23.1 Å². The number of guanidine groups is 1. The Bertz CT molecular complexity index is 476. The molecule has 2 N–H and O–H groups in total. The zero-order valence-electron chi connectivity index (χ0n) is 11.1. The van der Waals surface area contributed by atoms with Crippen molar-refractivity contribution in [1.82, 2.24) is 0 Å². The average Bonchev–Trinajstić information content (AvgIpc) is 2.75. The standard InChI is InChI=1S/C14H19BrClN3/c1-2-3-4-5-11-9-18-14(17)19(11)10-6-7-13(16)12(15)8-10/h6-8,11H,2-5,9H2,1H3,(H2,17,18). The lowest BCUT2D eigenvalue weighted by atomic mass is 10.1. The fourth-order valence-electron chi connectivity index (χ4n) is 2.37. The molecule has 0 bridgehead atoms. The lowest BCUT2D eigenvalue weighted by molar-refractivity contribution is 0.580. The molecule has 0 spiro atoms. The first-order valence-corrected chi connectivity index (χ1v) is 7.84. The molecule has 0 saturated heterocycles. The molecule has 1 atom stereocenters. The van der Waals surface area contributed by atoms with Crippen molar-refractivity contribution >= 4 is 39.2 Å². The van der Waals surface area contributed by atoms with E-state index < -0.39 is 0 Å². The normalized spacial score (nSPS) is 18.8. The first-order chi connectivity index (χ1) is 9.13.